The van der Waals surface area contributed by atoms with Gasteiger partial charge in [-0.15, -0.1) is 0 Å². The second-order valence-electron chi connectivity index (χ2n) is 7.86. The molecule has 3 rings (SSSR count). The minimum Gasteiger partial charge on any atom is -0.343 e. The fourth-order valence-electron chi connectivity index (χ4n) is 3.75. The van der Waals surface area contributed by atoms with E-state index in [1.807, 2.05) is 0 Å². The molecule has 1 amide bonds. The van der Waals surface area contributed by atoms with Gasteiger partial charge in [0.1, 0.15) is 10.6 Å². The minimum atomic E-state index is -4.41. The first-order valence-electron chi connectivity index (χ1n) is 10.2. The number of nitrogens with one attached hydrogen (secondary N) is 4. The molecule has 0 saturated heterocycles. The molecular formula is C19H24F3N5O5S2. The highest BCUT2D eigenvalue weighted by atomic mass is 32.2. The van der Waals surface area contributed by atoms with Gasteiger partial charge in [0.2, 0.25) is 10.0 Å². The van der Waals surface area contributed by atoms with Crippen molar-refractivity contribution in [2.24, 2.45) is 7.05 Å². The van der Waals surface area contributed by atoms with E-state index < -0.39 is 66.3 Å². The summed E-state index contributed by atoms with van der Waals surface area (Å²) in [6, 6.07) is 1.37. The number of halogens is 3. The van der Waals surface area contributed by atoms with E-state index in [9.17, 15) is 30.4 Å². The molecule has 0 radical (unpaired) electrons. The van der Waals surface area contributed by atoms with E-state index in [1.54, 1.807) is 0 Å². The first kappa shape index (κ1) is 26.2. The van der Waals surface area contributed by atoms with Crippen molar-refractivity contribution in [3.05, 3.63) is 47.5 Å². The van der Waals surface area contributed by atoms with Crippen molar-refractivity contribution in [2.45, 2.75) is 42.7 Å². The summed E-state index contributed by atoms with van der Waals surface area (Å²) in [5, 5.41) is 2.19. The van der Waals surface area contributed by atoms with Gasteiger partial charge in [-0.2, -0.15) is 13.1 Å². The summed E-state index contributed by atoms with van der Waals surface area (Å²) in [5.74, 6) is -4.74. The van der Waals surface area contributed by atoms with Gasteiger partial charge in [0.25, 0.3) is 16.1 Å². The minimum absolute atomic E-state index is 0.149. The second kappa shape index (κ2) is 10.0. The lowest BCUT2D eigenvalue weighted by Gasteiger charge is -2.29. The predicted octanol–water partition coefficient (Wildman–Crippen LogP) is 1.34. The van der Waals surface area contributed by atoms with Crippen molar-refractivity contribution in [2.75, 3.05) is 12.4 Å². The number of hydrogen-bond donors (Lipinski definition) is 4. The van der Waals surface area contributed by atoms with Crippen LogP contribution in [0.3, 0.4) is 0 Å². The van der Waals surface area contributed by atoms with E-state index in [1.165, 1.54) is 14.1 Å². The largest absolute Gasteiger partial charge is 0.343 e. The highest BCUT2D eigenvalue weighted by Gasteiger charge is 2.33. The van der Waals surface area contributed by atoms with Gasteiger partial charge in [-0.05, 0) is 31.4 Å². The van der Waals surface area contributed by atoms with Crippen LogP contribution in [0.25, 0.3) is 0 Å². The molecule has 188 valence electrons. The van der Waals surface area contributed by atoms with Crippen LogP contribution in [0.2, 0.25) is 0 Å². The Morgan fingerprint density at radius 1 is 1.03 bits per heavy atom. The molecule has 0 spiro atoms. The number of hydrogen-bond acceptors (Lipinski definition) is 5. The van der Waals surface area contributed by atoms with E-state index in [0.29, 0.717) is 25.3 Å². The average molecular weight is 524 g/mol. The predicted molar refractivity (Wildman–Crippen MR) is 117 cm³/mol. The molecule has 1 saturated carbocycles. The van der Waals surface area contributed by atoms with Gasteiger partial charge in [-0.25, -0.2) is 31.0 Å². The Bertz CT molecular complexity index is 1300. The standard InChI is InChI=1S/C19H24F3N5O5S2/c1-23-34(31,32)26-13-5-3-4-12(8-13)25-33(29,30)16-10-27(2)18(17(16)22)19(28)24-11-6-7-14(20)15(21)9-11/h6-7,9-10,12-13,23,25-26H,3-5,8H2,1-2H3,(H,24,28). The normalized spacial score (nSPS) is 19.2. The van der Waals surface area contributed by atoms with Crippen molar-refractivity contribution in [1.29, 1.82) is 0 Å². The van der Waals surface area contributed by atoms with Crippen LogP contribution >= 0.6 is 0 Å². The van der Waals surface area contributed by atoms with E-state index in [0.717, 1.165) is 22.9 Å². The number of benzene rings is 1. The molecule has 2 unspecified atom stereocenters. The van der Waals surface area contributed by atoms with Gasteiger partial charge in [0.15, 0.2) is 17.5 Å². The first-order valence-corrected chi connectivity index (χ1v) is 13.1. The fraction of sp³-hybridized carbons (Fsp3) is 0.421. The quantitative estimate of drug-likeness (QED) is 0.414. The Morgan fingerprint density at radius 3 is 2.29 bits per heavy atom. The van der Waals surface area contributed by atoms with Crippen LogP contribution < -0.4 is 19.5 Å². The van der Waals surface area contributed by atoms with Crippen LogP contribution in [0.4, 0.5) is 18.9 Å². The molecule has 1 aromatic heterocycles. The summed E-state index contributed by atoms with van der Waals surface area (Å²) in [6.45, 7) is 0. The molecule has 1 aliphatic rings. The van der Waals surface area contributed by atoms with Gasteiger partial charge >= 0.3 is 0 Å². The number of aryl methyl sites for hydroxylation is 1. The number of carbonyl (C=O) groups is 1. The number of aromatic nitrogens is 1. The molecule has 4 N–H and O–H groups in total. The van der Waals surface area contributed by atoms with E-state index in [2.05, 4.69) is 19.5 Å². The van der Waals surface area contributed by atoms with Crippen molar-refractivity contribution in [3.63, 3.8) is 0 Å². The highest BCUT2D eigenvalue weighted by molar-refractivity contribution is 7.89. The van der Waals surface area contributed by atoms with Crippen LogP contribution in [0.5, 0.6) is 0 Å². The SMILES string of the molecule is CNS(=O)(=O)NC1CCCC(NS(=O)(=O)c2cn(C)c(C(=O)Nc3ccc(F)c(F)c3)c2F)C1. The smallest absolute Gasteiger partial charge is 0.276 e. The number of amides is 1. The molecule has 0 aliphatic heterocycles. The van der Waals surface area contributed by atoms with Crippen LogP contribution in [0.1, 0.15) is 36.2 Å². The lowest BCUT2D eigenvalue weighted by molar-refractivity contribution is 0.101. The molecular weight excluding hydrogens is 499 g/mol. The zero-order valence-electron chi connectivity index (χ0n) is 18.2. The van der Waals surface area contributed by atoms with Crippen molar-refractivity contribution in [3.8, 4) is 0 Å². The fourth-order valence-corrected chi connectivity index (χ4v) is 5.93. The molecule has 1 aliphatic carbocycles. The van der Waals surface area contributed by atoms with E-state index in [4.69, 9.17) is 0 Å². The number of sulfonamides is 1. The molecule has 1 heterocycles. The third-order valence-corrected chi connectivity index (χ3v) is 8.04. The Kier molecular flexibility index (Phi) is 7.72. The molecule has 2 aromatic rings. The Morgan fingerprint density at radius 2 is 1.68 bits per heavy atom. The Balaban J connectivity index is 1.77. The summed E-state index contributed by atoms with van der Waals surface area (Å²) in [7, 11) is -5.63. The zero-order valence-corrected chi connectivity index (χ0v) is 19.9. The van der Waals surface area contributed by atoms with E-state index >= 15 is 4.39 Å². The van der Waals surface area contributed by atoms with E-state index in [-0.39, 0.29) is 12.1 Å². The van der Waals surface area contributed by atoms with Gasteiger partial charge < -0.3 is 9.88 Å². The van der Waals surface area contributed by atoms with Crippen molar-refractivity contribution in [1.82, 2.24) is 18.7 Å². The molecule has 1 fully saturated rings. The maximum atomic E-state index is 15.0. The zero-order chi connectivity index (χ0) is 25.3. The average Bonchev–Trinajstić information content (AvgIpc) is 3.05. The van der Waals surface area contributed by atoms with Crippen LogP contribution in [0, 0.1) is 17.5 Å². The summed E-state index contributed by atoms with van der Waals surface area (Å²) in [4.78, 5) is 11.7. The molecule has 1 aromatic carbocycles. The van der Waals surface area contributed by atoms with Crippen LogP contribution in [-0.2, 0) is 27.3 Å². The van der Waals surface area contributed by atoms with Crippen LogP contribution in [0.15, 0.2) is 29.3 Å². The second-order valence-corrected chi connectivity index (χ2v) is 11.2. The maximum absolute atomic E-state index is 15.0. The number of rotatable bonds is 8. The first-order chi connectivity index (χ1) is 15.8. The Labute approximate surface area is 195 Å². The van der Waals surface area contributed by atoms with Gasteiger partial charge in [0, 0.05) is 44.1 Å². The third kappa shape index (κ3) is 5.96. The number of anilines is 1. The monoisotopic (exact) mass is 523 g/mol. The number of carbonyl (C=O) groups excluding carboxylic acids is 1. The summed E-state index contributed by atoms with van der Waals surface area (Å²) < 4.78 is 98.5. The molecule has 2 atom stereocenters. The van der Waals surface area contributed by atoms with Crippen molar-refractivity contribution >= 4 is 31.8 Å². The molecule has 15 heteroatoms. The van der Waals surface area contributed by atoms with Gasteiger partial charge in [-0.1, -0.05) is 6.42 Å². The summed E-state index contributed by atoms with van der Waals surface area (Å²) >= 11 is 0. The summed E-state index contributed by atoms with van der Waals surface area (Å²) in [5.41, 5.74) is -0.780. The molecule has 34 heavy (non-hydrogen) atoms. The van der Waals surface area contributed by atoms with Gasteiger partial charge in [-0.3, -0.25) is 4.79 Å². The number of nitrogens with zero attached hydrogens (tertiary/aromatic N) is 1. The lowest BCUT2D eigenvalue weighted by atomic mass is 9.92. The van der Waals surface area contributed by atoms with Crippen LogP contribution in [-0.4, -0.2) is 46.4 Å². The lowest BCUT2D eigenvalue weighted by Crippen LogP contribution is -2.48. The maximum Gasteiger partial charge on any atom is 0.276 e. The van der Waals surface area contributed by atoms with Gasteiger partial charge in [0.05, 0.1) is 0 Å². The third-order valence-electron chi connectivity index (χ3n) is 5.36. The van der Waals surface area contributed by atoms with Crippen molar-refractivity contribution < 1.29 is 34.8 Å². The highest BCUT2D eigenvalue weighted by Crippen LogP contribution is 2.25. The Hall–Kier alpha value is -2.46. The molecule has 0 bridgehead atoms. The topological polar surface area (TPSA) is 138 Å². The summed E-state index contributed by atoms with van der Waals surface area (Å²) in [6.07, 6.45) is 2.52. The molecule has 10 nitrogen and oxygen atoms in total.